The van der Waals surface area contributed by atoms with Gasteiger partial charge in [0.1, 0.15) is 0 Å². The fourth-order valence-electron chi connectivity index (χ4n) is 2.29. The molecular formula is C18H28N2O3. The molecule has 0 saturated heterocycles. The van der Waals surface area contributed by atoms with Gasteiger partial charge in [-0.25, -0.2) is 5.43 Å². The van der Waals surface area contributed by atoms with Gasteiger partial charge in [0.25, 0.3) is 5.91 Å². The van der Waals surface area contributed by atoms with Crippen molar-refractivity contribution >= 4 is 11.6 Å². The van der Waals surface area contributed by atoms with Crippen molar-refractivity contribution in [1.29, 1.82) is 0 Å². The summed E-state index contributed by atoms with van der Waals surface area (Å²) >= 11 is 0. The molecule has 128 valence electrons. The van der Waals surface area contributed by atoms with Gasteiger partial charge in [0, 0.05) is 11.3 Å². The average molecular weight is 320 g/mol. The number of benzene rings is 1. The Morgan fingerprint density at radius 2 is 1.61 bits per heavy atom. The van der Waals surface area contributed by atoms with Gasteiger partial charge in [0.15, 0.2) is 11.5 Å². The first-order chi connectivity index (χ1) is 10.9. The van der Waals surface area contributed by atoms with Crippen molar-refractivity contribution in [2.24, 2.45) is 16.9 Å². The van der Waals surface area contributed by atoms with Crippen LogP contribution >= 0.6 is 0 Å². The molecule has 0 saturated carbocycles. The largest absolute Gasteiger partial charge is 0.493 e. The zero-order chi connectivity index (χ0) is 17.4. The van der Waals surface area contributed by atoms with E-state index in [1.54, 1.807) is 32.4 Å². The SMILES string of the molecule is COc1ccc(C(=O)NN=C(CC(C)C)CC(C)C)cc1OC. The number of carbonyl (C=O) groups is 1. The summed E-state index contributed by atoms with van der Waals surface area (Å²) in [5, 5.41) is 4.32. The number of rotatable bonds is 8. The first-order valence-electron chi connectivity index (χ1n) is 7.95. The zero-order valence-electron chi connectivity index (χ0n) is 15.0. The lowest BCUT2D eigenvalue weighted by Gasteiger charge is -2.12. The number of ether oxygens (including phenoxy) is 2. The van der Waals surface area contributed by atoms with E-state index in [4.69, 9.17) is 9.47 Å². The summed E-state index contributed by atoms with van der Waals surface area (Å²) in [4.78, 5) is 12.3. The van der Waals surface area contributed by atoms with E-state index in [2.05, 4.69) is 38.2 Å². The number of carbonyl (C=O) groups excluding carboxylic acids is 1. The highest BCUT2D eigenvalue weighted by Crippen LogP contribution is 2.27. The summed E-state index contributed by atoms with van der Waals surface area (Å²) in [6.45, 7) is 8.58. The van der Waals surface area contributed by atoms with Gasteiger partial charge in [0.2, 0.25) is 0 Å². The number of hydrazone groups is 1. The van der Waals surface area contributed by atoms with E-state index in [-0.39, 0.29) is 5.91 Å². The van der Waals surface area contributed by atoms with E-state index in [1.807, 2.05) is 0 Å². The number of hydrogen-bond acceptors (Lipinski definition) is 4. The maximum Gasteiger partial charge on any atom is 0.271 e. The molecule has 0 spiro atoms. The van der Waals surface area contributed by atoms with E-state index in [0.29, 0.717) is 28.9 Å². The molecule has 1 amide bonds. The second kappa shape index (κ2) is 9.18. The second-order valence-corrected chi connectivity index (χ2v) is 6.38. The summed E-state index contributed by atoms with van der Waals surface area (Å²) in [6.07, 6.45) is 1.76. The molecule has 1 rings (SSSR count). The molecule has 0 fully saturated rings. The van der Waals surface area contributed by atoms with Crippen molar-refractivity contribution in [2.75, 3.05) is 14.2 Å². The minimum Gasteiger partial charge on any atom is -0.493 e. The van der Waals surface area contributed by atoms with Crippen LogP contribution in [-0.2, 0) is 0 Å². The van der Waals surface area contributed by atoms with E-state index in [9.17, 15) is 4.79 Å². The second-order valence-electron chi connectivity index (χ2n) is 6.38. The molecule has 0 aliphatic heterocycles. The van der Waals surface area contributed by atoms with Crippen molar-refractivity contribution in [1.82, 2.24) is 5.43 Å². The molecule has 0 aromatic heterocycles. The van der Waals surface area contributed by atoms with Gasteiger partial charge in [0.05, 0.1) is 14.2 Å². The maximum absolute atomic E-state index is 12.3. The number of methoxy groups -OCH3 is 2. The maximum atomic E-state index is 12.3. The van der Waals surface area contributed by atoms with Gasteiger partial charge in [-0.15, -0.1) is 0 Å². The summed E-state index contributed by atoms with van der Waals surface area (Å²) in [5.41, 5.74) is 4.15. The van der Waals surface area contributed by atoms with Crippen LogP contribution in [0, 0.1) is 11.8 Å². The summed E-state index contributed by atoms with van der Waals surface area (Å²) in [5.74, 6) is 1.87. The third-order valence-corrected chi connectivity index (χ3v) is 3.25. The van der Waals surface area contributed by atoms with Crippen molar-refractivity contribution < 1.29 is 14.3 Å². The molecule has 1 N–H and O–H groups in total. The molecule has 1 aromatic rings. The van der Waals surface area contributed by atoms with Crippen LogP contribution in [0.25, 0.3) is 0 Å². The quantitative estimate of drug-likeness (QED) is 0.584. The summed E-state index contributed by atoms with van der Waals surface area (Å²) < 4.78 is 10.4. The Bertz CT molecular complexity index is 539. The normalized spacial score (nSPS) is 10.6. The fraction of sp³-hybridized carbons (Fsp3) is 0.556. The highest BCUT2D eigenvalue weighted by molar-refractivity contribution is 5.96. The first kappa shape index (κ1) is 19.0. The van der Waals surface area contributed by atoms with Gasteiger partial charge < -0.3 is 9.47 Å². The third-order valence-electron chi connectivity index (χ3n) is 3.25. The van der Waals surface area contributed by atoms with E-state index < -0.39 is 0 Å². The topological polar surface area (TPSA) is 59.9 Å². The summed E-state index contributed by atoms with van der Waals surface area (Å²) in [6, 6.07) is 5.05. The van der Waals surface area contributed by atoms with Crippen molar-refractivity contribution in [3.63, 3.8) is 0 Å². The van der Waals surface area contributed by atoms with Crippen LogP contribution in [0.3, 0.4) is 0 Å². The minimum atomic E-state index is -0.254. The van der Waals surface area contributed by atoms with Gasteiger partial charge in [-0.3, -0.25) is 4.79 Å². The van der Waals surface area contributed by atoms with Crippen LogP contribution in [0.1, 0.15) is 50.9 Å². The van der Waals surface area contributed by atoms with Crippen molar-refractivity contribution in [3.05, 3.63) is 23.8 Å². The smallest absolute Gasteiger partial charge is 0.271 e. The van der Waals surface area contributed by atoms with Crippen LogP contribution in [0.15, 0.2) is 23.3 Å². The highest BCUT2D eigenvalue weighted by Gasteiger charge is 2.11. The Kier molecular flexibility index (Phi) is 7.59. The molecule has 0 heterocycles. The molecule has 0 unspecified atom stereocenters. The Hall–Kier alpha value is -2.04. The molecule has 5 nitrogen and oxygen atoms in total. The highest BCUT2D eigenvalue weighted by atomic mass is 16.5. The molecule has 1 aromatic carbocycles. The predicted octanol–water partition coefficient (Wildman–Crippen LogP) is 3.88. The van der Waals surface area contributed by atoms with Gasteiger partial charge >= 0.3 is 0 Å². The van der Waals surface area contributed by atoms with Gasteiger partial charge in [-0.1, -0.05) is 27.7 Å². The summed E-state index contributed by atoms with van der Waals surface area (Å²) in [7, 11) is 3.10. The monoisotopic (exact) mass is 320 g/mol. The Morgan fingerprint density at radius 1 is 1.04 bits per heavy atom. The Balaban J connectivity index is 2.86. The fourth-order valence-corrected chi connectivity index (χ4v) is 2.29. The van der Waals surface area contributed by atoms with Crippen LogP contribution in [0.4, 0.5) is 0 Å². The van der Waals surface area contributed by atoms with Gasteiger partial charge in [-0.05, 0) is 42.9 Å². The Morgan fingerprint density at radius 3 is 2.09 bits per heavy atom. The third kappa shape index (κ3) is 6.30. The first-order valence-corrected chi connectivity index (χ1v) is 7.95. The minimum absolute atomic E-state index is 0.254. The van der Waals surface area contributed by atoms with Gasteiger partial charge in [-0.2, -0.15) is 5.10 Å². The van der Waals surface area contributed by atoms with Crippen molar-refractivity contribution in [3.8, 4) is 11.5 Å². The molecule has 23 heavy (non-hydrogen) atoms. The van der Waals surface area contributed by atoms with Crippen LogP contribution in [0.5, 0.6) is 11.5 Å². The molecule has 0 bridgehead atoms. The molecular weight excluding hydrogens is 292 g/mol. The van der Waals surface area contributed by atoms with E-state index in [0.717, 1.165) is 18.6 Å². The lowest BCUT2D eigenvalue weighted by atomic mass is 9.99. The number of nitrogens with zero attached hydrogens (tertiary/aromatic N) is 1. The molecule has 0 radical (unpaired) electrons. The average Bonchev–Trinajstić information content (AvgIpc) is 2.50. The van der Waals surface area contributed by atoms with E-state index >= 15 is 0 Å². The number of amides is 1. The number of hydrogen-bond donors (Lipinski definition) is 1. The molecule has 0 atom stereocenters. The zero-order valence-corrected chi connectivity index (χ0v) is 15.0. The lowest BCUT2D eigenvalue weighted by Crippen LogP contribution is -2.21. The standard InChI is InChI=1S/C18H28N2O3/c1-12(2)9-15(10-13(3)4)19-20-18(21)14-7-8-16(22-5)17(11-14)23-6/h7-8,11-13H,9-10H2,1-6H3,(H,20,21). The number of nitrogens with one attached hydrogen (secondary N) is 1. The van der Waals surface area contributed by atoms with Crippen molar-refractivity contribution in [2.45, 2.75) is 40.5 Å². The molecule has 0 aliphatic rings. The van der Waals surface area contributed by atoms with Crippen LogP contribution < -0.4 is 14.9 Å². The molecule has 0 aliphatic carbocycles. The Labute approximate surface area is 139 Å². The molecule has 5 heteroatoms. The van der Waals surface area contributed by atoms with Crippen LogP contribution in [0.2, 0.25) is 0 Å². The van der Waals surface area contributed by atoms with Crippen LogP contribution in [-0.4, -0.2) is 25.8 Å². The lowest BCUT2D eigenvalue weighted by molar-refractivity contribution is 0.0954. The predicted molar refractivity (Wildman–Crippen MR) is 93.4 cm³/mol. The van der Waals surface area contributed by atoms with E-state index in [1.165, 1.54) is 0 Å².